The average Bonchev–Trinajstić information content (AvgIpc) is 2.49. The molecule has 0 bridgehead atoms. The minimum Gasteiger partial charge on any atom is -0.207 e. The molecule has 21 heavy (non-hydrogen) atoms. The predicted molar refractivity (Wildman–Crippen MR) is 87.1 cm³/mol. The van der Waals surface area contributed by atoms with Gasteiger partial charge < -0.3 is 0 Å². The quantitative estimate of drug-likeness (QED) is 0.602. The molecule has 0 saturated heterocycles. The lowest BCUT2D eigenvalue weighted by molar-refractivity contribution is 0.569. The van der Waals surface area contributed by atoms with Crippen molar-refractivity contribution in [3.8, 4) is 0 Å². The summed E-state index contributed by atoms with van der Waals surface area (Å²) in [5, 5.41) is 0. The van der Waals surface area contributed by atoms with E-state index in [-0.39, 0.29) is 4.83 Å². The van der Waals surface area contributed by atoms with Crippen LogP contribution >= 0.6 is 15.9 Å². The number of aryl methyl sites for hydroxylation is 3. The summed E-state index contributed by atoms with van der Waals surface area (Å²) >= 11 is 3.55. The zero-order chi connectivity index (χ0) is 15.6. The molecule has 0 spiro atoms. The van der Waals surface area contributed by atoms with Gasteiger partial charge in [-0.15, -0.1) is 0 Å². The molecule has 0 N–H and O–H groups in total. The van der Waals surface area contributed by atoms with Crippen LogP contribution in [0.4, 0.5) is 8.78 Å². The van der Waals surface area contributed by atoms with Gasteiger partial charge in [0.2, 0.25) is 0 Å². The highest BCUT2D eigenvalue weighted by Gasteiger charge is 2.17. The highest BCUT2D eigenvalue weighted by Crippen LogP contribution is 2.34. The second-order valence-corrected chi connectivity index (χ2v) is 6.14. The topological polar surface area (TPSA) is 0 Å². The molecular weight excluding hydrogens is 334 g/mol. The summed E-state index contributed by atoms with van der Waals surface area (Å²) in [7, 11) is 0. The molecule has 2 rings (SSSR count). The lowest BCUT2D eigenvalue weighted by Crippen LogP contribution is -2.01. The second kappa shape index (κ2) is 6.69. The van der Waals surface area contributed by atoms with Crippen LogP contribution in [0.25, 0.3) is 0 Å². The summed E-state index contributed by atoms with van der Waals surface area (Å²) in [5.74, 6) is -1.02. The van der Waals surface area contributed by atoms with Crippen LogP contribution in [0.3, 0.4) is 0 Å². The Morgan fingerprint density at radius 3 is 2.24 bits per heavy atom. The van der Waals surface area contributed by atoms with Gasteiger partial charge in [0, 0.05) is 11.6 Å². The molecule has 0 nitrogen and oxygen atoms in total. The van der Waals surface area contributed by atoms with Crippen LogP contribution in [-0.2, 0) is 12.8 Å². The van der Waals surface area contributed by atoms with E-state index in [1.54, 1.807) is 13.0 Å². The number of hydrogen-bond donors (Lipinski definition) is 0. The van der Waals surface area contributed by atoms with Crippen LogP contribution < -0.4 is 0 Å². The molecule has 0 heterocycles. The van der Waals surface area contributed by atoms with Gasteiger partial charge in [0.05, 0.1) is 4.83 Å². The van der Waals surface area contributed by atoms with Gasteiger partial charge in [0.1, 0.15) is 11.6 Å². The molecule has 112 valence electrons. The van der Waals surface area contributed by atoms with Crippen molar-refractivity contribution in [2.24, 2.45) is 0 Å². The first kappa shape index (κ1) is 16.2. The summed E-state index contributed by atoms with van der Waals surface area (Å²) in [4.78, 5) is -0.270. The Balaban J connectivity index is 2.45. The Bertz CT molecular complexity index is 650. The van der Waals surface area contributed by atoms with E-state index in [2.05, 4.69) is 41.9 Å². The summed E-state index contributed by atoms with van der Waals surface area (Å²) in [6.07, 6.45) is 1.93. The SMILES string of the molecule is CCc1ccc(C(Br)c2cc(C)c(F)cc2F)cc1CC. The fraction of sp³-hybridized carbons (Fsp3) is 0.333. The predicted octanol–water partition coefficient (Wildman–Crippen LogP) is 5.88. The van der Waals surface area contributed by atoms with Gasteiger partial charge >= 0.3 is 0 Å². The molecule has 2 aromatic rings. The molecule has 3 heteroatoms. The van der Waals surface area contributed by atoms with Crippen molar-refractivity contribution < 1.29 is 8.78 Å². The zero-order valence-corrected chi connectivity index (χ0v) is 14.1. The second-order valence-electron chi connectivity index (χ2n) is 5.22. The Labute approximate surface area is 133 Å². The molecule has 0 fully saturated rings. The van der Waals surface area contributed by atoms with Crippen LogP contribution in [0.15, 0.2) is 30.3 Å². The van der Waals surface area contributed by atoms with Gasteiger partial charge in [0.25, 0.3) is 0 Å². The molecule has 1 unspecified atom stereocenters. The number of hydrogen-bond acceptors (Lipinski definition) is 0. The van der Waals surface area contributed by atoms with Crippen LogP contribution in [0, 0.1) is 18.6 Å². The van der Waals surface area contributed by atoms with E-state index in [0.717, 1.165) is 24.5 Å². The highest BCUT2D eigenvalue weighted by molar-refractivity contribution is 9.09. The van der Waals surface area contributed by atoms with E-state index in [1.165, 1.54) is 11.1 Å². The van der Waals surface area contributed by atoms with Crippen LogP contribution in [0.1, 0.15) is 46.5 Å². The van der Waals surface area contributed by atoms with Gasteiger partial charge in [-0.2, -0.15) is 0 Å². The van der Waals surface area contributed by atoms with Gasteiger partial charge in [-0.25, -0.2) is 8.78 Å². The van der Waals surface area contributed by atoms with Crippen molar-refractivity contribution in [3.63, 3.8) is 0 Å². The van der Waals surface area contributed by atoms with Crippen LogP contribution in [0.5, 0.6) is 0 Å². The first-order valence-corrected chi connectivity index (χ1v) is 8.10. The Morgan fingerprint density at radius 1 is 0.952 bits per heavy atom. The maximum atomic E-state index is 14.0. The molecular formula is C18H19BrF2. The van der Waals surface area contributed by atoms with Crippen molar-refractivity contribution >= 4 is 15.9 Å². The third-order valence-electron chi connectivity index (χ3n) is 3.84. The molecule has 0 aromatic heterocycles. The Hall–Kier alpha value is -1.22. The normalized spacial score (nSPS) is 12.5. The lowest BCUT2D eigenvalue weighted by atomic mass is 9.96. The molecule has 0 radical (unpaired) electrons. The fourth-order valence-electron chi connectivity index (χ4n) is 2.53. The van der Waals surface area contributed by atoms with Crippen LogP contribution in [0.2, 0.25) is 0 Å². The van der Waals surface area contributed by atoms with Gasteiger partial charge in [-0.1, -0.05) is 48.0 Å². The molecule has 0 aliphatic heterocycles. The fourth-order valence-corrected chi connectivity index (χ4v) is 3.17. The van der Waals surface area contributed by atoms with Gasteiger partial charge in [-0.3, -0.25) is 0 Å². The highest BCUT2D eigenvalue weighted by atomic mass is 79.9. The summed E-state index contributed by atoms with van der Waals surface area (Å²) < 4.78 is 27.4. The summed E-state index contributed by atoms with van der Waals surface area (Å²) in [6, 6.07) is 8.74. The van der Waals surface area contributed by atoms with E-state index >= 15 is 0 Å². The molecule has 0 saturated carbocycles. The zero-order valence-electron chi connectivity index (χ0n) is 12.5. The largest absolute Gasteiger partial charge is 0.207 e. The number of halogens is 3. The van der Waals surface area contributed by atoms with E-state index in [9.17, 15) is 8.78 Å². The smallest absolute Gasteiger partial charge is 0.130 e. The third kappa shape index (κ3) is 3.34. The summed E-state index contributed by atoms with van der Waals surface area (Å²) in [6.45, 7) is 5.89. The van der Waals surface area contributed by atoms with Crippen molar-refractivity contribution in [1.82, 2.24) is 0 Å². The Kier molecular flexibility index (Phi) is 5.15. The van der Waals surface area contributed by atoms with Crippen molar-refractivity contribution in [3.05, 3.63) is 69.8 Å². The minimum atomic E-state index is -0.516. The molecule has 1 atom stereocenters. The number of alkyl halides is 1. The van der Waals surface area contributed by atoms with E-state index < -0.39 is 11.6 Å². The van der Waals surface area contributed by atoms with Gasteiger partial charge in [-0.05, 0) is 48.1 Å². The first-order valence-electron chi connectivity index (χ1n) is 7.19. The third-order valence-corrected chi connectivity index (χ3v) is 4.86. The molecule has 0 amide bonds. The minimum absolute atomic E-state index is 0.270. The molecule has 0 aliphatic carbocycles. The lowest BCUT2D eigenvalue weighted by Gasteiger charge is -2.16. The van der Waals surface area contributed by atoms with Gasteiger partial charge in [0.15, 0.2) is 0 Å². The first-order chi connectivity index (χ1) is 9.97. The standard InChI is InChI=1S/C18H19BrF2/c1-4-12-6-7-14(9-13(12)5-2)18(19)15-8-11(3)16(20)10-17(15)21/h6-10,18H,4-5H2,1-3H3. The maximum absolute atomic E-state index is 14.0. The maximum Gasteiger partial charge on any atom is 0.130 e. The van der Waals surface area contributed by atoms with Crippen molar-refractivity contribution in [2.75, 3.05) is 0 Å². The van der Waals surface area contributed by atoms with E-state index in [1.807, 2.05) is 6.07 Å². The van der Waals surface area contributed by atoms with Crippen molar-refractivity contribution in [2.45, 2.75) is 38.4 Å². The summed E-state index contributed by atoms with van der Waals surface area (Å²) in [5.41, 5.74) is 4.52. The molecule has 0 aliphatic rings. The van der Waals surface area contributed by atoms with E-state index in [4.69, 9.17) is 0 Å². The molecule has 2 aromatic carbocycles. The van der Waals surface area contributed by atoms with Crippen molar-refractivity contribution in [1.29, 1.82) is 0 Å². The average molecular weight is 353 g/mol. The van der Waals surface area contributed by atoms with Crippen LogP contribution in [-0.4, -0.2) is 0 Å². The Morgan fingerprint density at radius 2 is 1.62 bits per heavy atom. The number of benzene rings is 2. The number of rotatable bonds is 4. The monoisotopic (exact) mass is 352 g/mol. The van der Waals surface area contributed by atoms with E-state index in [0.29, 0.717) is 11.1 Å².